The van der Waals surface area contributed by atoms with Gasteiger partial charge in [-0.1, -0.05) is 40.0 Å². The van der Waals surface area contributed by atoms with Crippen molar-refractivity contribution >= 4 is 15.6 Å². The third kappa shape index (κ3) is 8.80. The average molecular weight is 320 g/mol. The highest BCUT2D eigenvalue weighted by Crippen LogP contribution is 2.62. The van der Waals surface area contributed by atoms with Crippen molar-refractivity contribution in [2.45, 2.75) is 79.3 Å². The van der Waals surface area contributed by atoms with Gasteiger partial charge in [0.1, 0.15) is 0 Å². The molecule has 0 aromatic heterocycles. The van der Waals surface area contributed by atoms with Crippen molar-refractivity contribution in [1.82, 2.24) is 0 Å². The molecule has 0 heterocycles. The Morgan fingerprint density at radius 1 is 0.750 bits per heavy atom. The fraction of sp³-hybridized carbons (Fsp3) is 1.00. The van der Waals surface area contributed by atoms with Crippen LogP contribution in [0.3, 0.4) is 0 Å². The van der Waals surface area contributed by atoms with Gasteiger partial charge in [-0.2, -0.15) is 0 Å². The summed E-state index contributed by atoms with van der Waals surface area (Å²) >= 11 is 0. The zero-order valence-electron chi connectivity index (χ0n) is 15.1. The Morgan fingerprint density at radius 3 is 1.45 bits per heavy atom. The first-order valence-corrected chi connectivity index (χ1v) is 14.6. The van der Waals surface area contributed by atoms with Gasteiger partial charge in [-0.25, -0.2) is 0 Å². The predicted molar refractivity (Wildman–Crippen MR) is 100 cm³/mol. The molecule has 0 aromatic carbocycles. The lowest BCUT2D eigenvalue weighted by Gasteiger charge is -2.34. The second-order valence-electron chi connectivity index (χ2n) is 6.92. The second kappa shape index (κ2) is 11.2. The van der Waals surface area contributed by atoms with Crippen LogP contribution in [0.5, 0.6) is 0 Å². The summed E-state index contributed by atoms with van der Waals surface area (Å²) in [6, 6.07) is 0. The van der Waals surface area contributed by atoms with Crippen LogP contribution in [0.2, 0.25) is 13.1 Å². The molecule has 3 heteroatoms. The molecular weight excluding hydrogens is 279 g/mol. The Kier molecular flexibility index (Phi) is 11.6. The molecule has 0 aliphatic rings. The van der Waals surface area contributed by atoms with E-state index in [1.165, 1.54) is 62.8 Å². The fourth-order valence-electron chi connectivity index (χ4n) is 3.30. The minimum absolute atomic E-state index is 0.760. The van der Waals surface area contributed by atoms with E-state index in [0.29, 0.717) is 0 Å². The molecule has 0 bridgehead atoms. The molecule has 0 aromatic rings. The molecule has 0 unspecified atom stereocenters. The molecule has 1 nitrogen and oxygen atoms in total. The van der Waals surface area contributed by atoms with E-state index in [2.05, 4.69) is 40.8 Å². The van der Waals surface area contributed by atoms with Crippen LogP contribution in [0.25, 0.3) is 0 Å². The second-order valence-corrected chi connectivity index (χ2v) is 16.0. The van der Waals surface area contributed by atoms with Gasteiger partial charge in [-0.05, 0) is 39.3 Å². The Balaban J connectivity index is 4.91. The topological polar surface area (TPSA) is 9.23 Å². The summed E-state index contributed by atoms with van der Waals surface area (Å²) in [7, 11) is -2.20. The van der Waals surface area contributed by atoms with E-state index in [4.69, 9.17) is 4.43 Å². The largest absolute Gasteiger partial charge is 0.414 e. The summed E-state index contributed by atoms with van der Waals surface area (Å²) in [5, 5.41) is 0. The molecule has 0 N–H and O–H groups in total. The van der Waals surface area contributed by atoms with Crippen LogP contribution < -0.4 is 0 Å². The van der Waals surface area contributed by atoms with Crippen LogP contribution in [0.4, 0.5) is 0 Å². The molecule has 0 aliphatic heterocycles. The van der Waals surface area contributed by atoms with Gasteiger partial charge in [0.15, 0.2) is 0 Å². The third-order valence-electron chi connectivity index (χ3n) is 4.21. The molecule has 0 atom stereocenters. The summed E-state index contributed by atoms with van der Waals surface area (Å²) in [6.45, 7) is 15.0. The first-order valence-electron chi connectivity index (χ1n) is 8.94. The third-order valence-corrected chi connectivity index (χ3v) is 14.8. The summed E-state index contributed by atoms with van der Waals surface area (Å²) in [5.74, 6) is 1.48. The van der Waals surface area contributed by atoms with Crippen molar-refractivity contribution in [2.75, 3.05) is 30.9 Å². The van der Waals surface area contributed by atoms with Crippen LogP contribution in [0.1, 0.15) is 66.2 Å². The van der Waals surface area contributed by atoms with E-state index in [1.54, 1.807) is 0 Å². The Hall–Kier alpha value is 0.607. The van der Waals surface area contributed by atoms with Crippen molar-refractivity contribution < 1.29 is 4.43 Å². The lowest BCUT2D eigenvalue weighted by molar-refractivity contribution is 0.333. The van der Waals surface area contributed by atoms with Crippen molar-refractivity contribution in [2.24, 2.45) is 0 Å². The van der Waals surface area contributed by atoms with Gasteiger partial charge in [0.05, 0.1) is 24.3 Å². The smallest absolute Gasteiger partial charge is 0.224 e. The van der Waals surface area contributed by atoms with Crippen LogP contribution >= 0.6 is 7.26 Å². The van der Waals surface area contributed by atoms with Crippen molar-refractivity contribution in [1.29, 1.82) is 0 Å². The molecule has 0 spiro atoms. The van der Waals surface area contributed by atoms with Gasteiger partial charge in [0.2, 0.25) is 8.32 Å². The van der Waals surface area contributed by atoms with E-state index >= 15 is 0 Å². The summed E-state index contributed by atoms with van der Waals surface area (Å²) in [6.07, 6.45) is 13.0. The minimum Gasteiger partial charge on any atom is -0.414 e. The van der Waals surface area contributed by atoms with Crippen LogP contribution in [-0.2, 0) is 4.43 Å². The highest BCUT2D eigenvalue weighted by Gasteiger charge is 2.43. The highest BCUT2D eigenvalue weighted by molar-refractivity contribution is 7.77. The van der Waals surface area contributed by atoms with E-state index in [9.17, 15) is 0 Å². The maximum Gasteiger partial charge on any atom is 0.224 e. The number of hydrogen-bond donors (Lipinski definition) is 0. The lowest BCUT2D eigenvalue weighted by atomic mass is 10.4. The van der Waals surface area contributed by atoms with Crippen LogP contribution in [0.15, 0.2) is 0 Å². The summed E-state index contributed by atoms with van der Waals surface area (Å²) in [4.78, 5) is 0. The van der Waals surface area contributed by atoms with Gasteiger partial charge in [-0.15, -0.1) is 0 Å². The first kappa shape index (κ1) is 20.6. The summed E-state index contributed by atoms with van der Waals surface area (Å²) < 4.78 is 6.19. The van der Waals surface area contributed by atoms with E-state index in [0.717, 1.165) is 6.61 Å². The first-order chi connectivity index (χ1) is 9.45. The van der Waals surface area contributed by atoms with Gasteiger partial charge in [0, 0.05) is 13.9 Å². The maximum absolute atomic E-state index is 6.19. The molecule has 0 radical (unpaired) electrons. The monoisotopic (exact) mass is 319 g/mol. The normalized spacial score (nSPS) is 12.9. The zero-order chi connectivity index (χ0) is 15.5. The van der Waals surface area contributed by atoms with Crippen LogP contribution in [0, 0.1) is 0 Å². The predicted octanol–water partition coefficient (Wildman–Crippen LogP) is 6.19. The fourth-order valence-corrected chi connectivity index (χ4v) is 16.4. The van der Waals surface area contributed by atoms with Gasteiger partial charge < -0.3 is 4.43 Å². The maximum atomic E-state index is 6.19. The number of rotatable bonds is 13. The SMILES string of the molecule is CCCC[P+](CCCC)(CCCC)C[Si](C)(C)OCC. The Morgan fingerprint density at radius 2 is 1.15 bits per heavy atom. The number of unbranched alkanes of at least 4 members (excludes halogenated alkanes) is 3. The molecule has 122 valence electrons. The van der Waals surface area contributed by atoms with E-state index in [1.807, 2.05) is 0 Å². The standard InChI is InChI=1S/C17H40OPSi/c1-7-11-14-19(15-12-8-2,16-13-9-3)17-20(5,6)18-10-4/h7-17H2,1-6H3/q+1. The molecule has 0 saturated heterocycles. The van der Waals surface area contributed by atoms with E-state index in [-0.39, 0.29) is 0 Å². The molecule has 0 aliphatic carbocycles. The quantitative estimate of drug-likeness (QED) is 0.291. The van der Waals surface area contributed by atoms with Crippen molar-refractivity contribution in [3.05, 3.63) is 0 Å². The minimum atomic E-state index is -1.44. The van der Waals surface area contributed by atoms with Crippen molar-refractivity contribution in [3.63, 3.8) is 0 Å². The molecular formula is C17H40OPSi+. The summed E-state index contributed by atoms with van der Waals surface area (Å²) in [5.41, 5.74) is 0. The van der Waals surface area contributed by atoms with Gasteiger partial charge in [-0.3, -0.25) is 0 Å². The van der Waals surface area contributed by atoms with E-state index < -0.39 is 15.6 Å². The Bertz CT molecular complexity index is 209. The number of hydrogen-bond acceptors (Lipinski definition) is 1. The highest BCUT2D eigenvalue weighted by atomic mass is 31.2. The molecule has 0 fully saturated rings. The van der Waals surface area contributed by atoms with Crippen LogP contribution in [-0.4, -0.2) is 39.2 Å². The molecule has 0 amide bonds. The molecule has 20 heavy (non-hydrogen) atoms. The van der Waals surface area contributed by atoms with Gasteiger partial charge >= 0.3 is 0 Å². The lowest BCUT2D eigenvalue weighted by Crippen LogP contribution is -2.38. The molecule has 0 rings (SSSR count). The Labute approximate surface area is 130 Å². The van der Waals surface area contributed by atoms with Crippen molar-refractivity contribution in [3.8, 4) is 0 Å². The zero-order valence-corrected chi connectivity index (χ0v) is 17.0. The molecule has 0 saturated carbocycles. The van der Waals surface area contributed by atoms with Gasteiger partial charge in [0.25, 0.3) is 0 Å². The average Bonchev–Trinajstić information content (AvgIpc) is 2.40.